The molecule has 1 saturated heterocycles. The highest BCUT2D eigenvalue weighted by atomic mass is 79.9. The summed E-state index contributed by atoms with van der Waals surface area (Å²) in [4.78, 5) is 6.70. The second-order valence-corrected chi connectivity index (χ2v) is 6.47. The van der Waals surface area contributed by atoms with Crippen molar-refractivity contribution >= 4 is 33.3 Å². The van der Waals surface area contributed by atoms with Crippen molar-refractivity contribution in [2.45, 2.75) is 26.7 Å². The van der Waals surface area contributed by atoms with E-state index in [9.17, 15) is 0 Å². The Morgan fingerprint density at radius 1 is 1.50 bits per heavy atom. The highest BCUT2D eigenvalue weighted by Gasteiger charge is 2.27. The van der Waals surface area contributed by atoms with E-state index in [1.165, 1.54) is 12.8 Å². The van der Waals surface area contributed by atoms with Crippen LogP contribution in [0.5, 0.6) is 0 Å². The maximum absolute atomic E-state index is 6.22. The summed E-state index contributed by atoms with van der Waals surface area (Å²) in [6.45, 7) is 6.68. The number of hydrogen-bond acceptors (Lipinski definition) is 2. The Bertz CT molecular complexity index is 393. The number of nitrogens with zero attached hydrogens (tertiary/aromatic N) is 2. The Morgan fingerprint density at radius 2 is 2.25 bits per heavy atom. The first kappa shape index (κ1) is 12.2. The van der Waals surface area contributed by atoms with Crippen LogP contribution in [0.15, 0.2) is 16.7 Å². The summed E-state index contributed by atoms with van der Waals surface area (Å²) in [5.41, 5.74) is 0.357. The van der Waals surface area contributed by atoms with Gasteiger partial charge in [-0.2, -0.15) is 0 Å². The molecule has 0 unspecified atom stereocenters. The highest BCUT2D eigenvalue weighted by molar-refractivity contribution is 9.10. The van der Waals surface area contributed by atoms with Gasteiger partial charge in [0.05, 0.1) is 5.02 Å². The Morgan fingerprint density at radius 3 is 2.88 bits per heavy atom. The van der Waals surface area contributed by atoms with Crippen LogP contribution in [0, 0.1) is 5.41 Å². The molecule has 1 aliphatic heterocycles. The van der Waals surface area contributed by atoms with Crippen molar-refractivity contribution in [3.8, 4) is 0 Å². The van der Waals surface area contributed by atoms with Crippen molar-refractivity contribution in [2.24, 2.45) is 5.41 Å². The zero-order valence-electron chi connectivity index (χ0n) is 9.63. The second-order valence-electron chi connectivity index (χ2n) is 5.15. The van der Waals surface area contributed by atoms with Gasteiger partial charge in [0.15, 0.2) is 0 Å². The quantitative estimate of drug-likeness (QED) is 0.775. The van der Waals surface area contributed by atoms with Gasteiger partial charge >= 0.3 is 0 Å². The molecule has 16 heavy (non-hydrogen) atoms. The van der Waals surface area contributed by atoms with E-state index in [1.807, 2.05) is 12.3 Å². The van der Waals surface area contributed by atoms with Crippen LogP contribution >= 0.6 is 27.5 Å². The molecule has 1 fully saturated rings. The fourth-order valence-electron chi connectivity index (χ4n) is 2.24. The molecule has 0 radical (unpaired) electrons. The molecule has 0 saturated carbocycles. The molecule has 0 amide bonds. The van der Waals surface area contributed by atoms with E-state index in [4.69, 9.17) is 11.6 Å². The SMILES string of the molecule is CC1(C)CCCN(c2ncc(Br)cc2Cl)C1. The fraction of sp³-hybridized carbons (Fsp3) is 0.583. The van der Waals surface area contributed by atoms with Gasteiger partial charge in [-0.15, -0.1) is 0 Å². The minimum Gasteiger partial charge on any atom is -0.355 e. The van der Waals surface area contributed by atoms with Crippen molar-refractivity contribution in [1.82, 2.24) is 4.98 Å². The molecule has 2 heterocycles. The molecular weight excluding hydrogens is 288 g/mol. The topological polar surface area (TPSA) is 16.1 Å². The number of rotatable bonds is 1. The zero-order valence-corrected chi connectivity index (χ0v) is 12.0. The van der Waals surface area contributed by atoms with Crippen LogP contribution in [0.25, 0.3) is 0 Å². The molecule has 2 nitrogen and oxygen atoms in total. The van der Waals surface area contributed by atoms with Crippen molar-refractivity contribution < 1.29 is 0 Å². The monoisotopic (exact) mass is 302 g/mol. The Kier molecular flexibility index (Phi) is 3.45. The molecule has 0 bridgehead atoms. The van der Waals surface area contributed by atoms with Gasteiger partial charge in [-0.1, -0.05) is 25.4 Å². The molecule has 4 heteroatoms. The average molecular weight is 304 g/mol. The maximum Gasteiger partial charge on any atom is 0.147 e. The van der Waals surface area contributed by atoms with Crippen LogP contribution in [0.2, 0.25) is 5.02 Å². The molecule has 88 valence electrons. The fourth-order valence-corrected chi connectivity index (χ4v) is 2.99. The van der Waals surface area contributed by atoms with Crippen LogP contribution < -0.4 is 4.90 Å². The third kappa shape index (κ3) is 2.69. The predicted octanol–water partition coefficient (Wildman–Crippen LogP) is 4.12. The molecular formula is C12H16BrClN2. The summed E-state index contributed by atoms with van der Waals surface area (Å²) in [6, 6.07) is 1.91. The van der Waals surface area contributed by atoms with Crippen molar-refractivity contribution in [2.75, 3.05) is 18.0 Å². The number of pyridine rings is 1. The van der Waals surface area contributed by atoms with E-state index in [0.29, 0.717) is 5.41 Å². The lowest BCUT2D eigenvalue weighted by molar-refractivity contribution is 0.292. The molecule has 1 aromatic heterocycles. The third-order valence-electron chi connectivity index (χ3n) is 2.99. The zero-order chi connectivity index (χ0) is 11.8. The van der Waals surface area contributed by atoms with Gasteiger partial charge in [-0.3, -0.25) is 0 Å². The normalized spacial score (nSPS) is 19.9. The summed E-state index contributed by atoms with van der Waals surface area (Å²) in [7, 11) is 0. The Balaban J connectivity index is 2.23. The molecule has 0 aliphatic carbocycles. The first-order valence-corrected chi connectivity index (χ1v) is 6.71. The molecule has 1 aliphatic rings. The Hall–Kier alpha value is -0.280. The van der Waals surface area contributed by atoms with Gasteiger partial charge in [-0.25, -0.2) is 4.98 Å². The number of aromatic nitrogens is 1. The van der Waals surface area contributed by atoms with Gasteiger partial charge in [0.2, 0.25) is 0 Å². The minimum atomic E-state index is 0.357. The predicted molar refractivity (Wildman–Crippen MR) is 72.2 cm³/mol. The summed E-state index contributed by atoms with van der Waals surface area (Å²) in [6.07, 6.45) is 4.29. The highest BCUT2D eigenvalue weighted by Crippen LogP contribution is 2.34. The lowest BCUT2D eigenvalue weighted by Crippen LogP contribution is -2.40. The van der Waals surface area contributed by atoms with Gasteiger partial charge in [0.1, 0.15) is 5.82 Å². The van der Waals surface area contributed by atoms with Gasteiger partial charge in [0, 0.05) is 23.8 Å². The number of hydrogen-bond donors (Lipinski definition) is 0. The van der Waals surface area contributed by atoms with Gasteiger partial charge < -0.3 is 4.90 Å². The van der Waals surface area contributed by atoms with Crippen molar-refractivity contribution in [3.63, 3.8) is 0 Å². The first-order valence-electron chi connectivity index (χ1n) is 5.54. The molecule has 2 rings (SSSR count). The van der Waals surface area contributed by atoms with E-state index in [0.717, 1.165) is 28.4 Å². The van der Waals surface area contributed by atoms with Crippen LogP contribution in [0.1, 0.15) is 26.7 Å². The molecule has 0 atom stereocenters. The first-order chi connectivity index (χ1) is 7.48. The van der Waals surface area contributed by atoms with Crippen molar-refractivity contribution in [3.05, 3.63) is 21.8 Å². The summed E-state index contributed by atoms with van der Waals surface area (Å²) in [5, 5.41) is 0.729. The largest absolute Gasteiger partial charge is 0.355 e. The molecule has 1 aromatic rings. The van der Waals surface area contributed by atoms with E-state index >= 15 is 0 Å². The smallest absolute Gasteiger partial charge is 0.147 e. The van der Waals surface area contributed by atoms with E-state index in [-0.39, 0.29) is 0 Å². The van der Waals surface area contributed by atoms with E-state index < -0.39 is 0 Å². The summed E-state index contributed by atoms with van der Waals surface area (Å²) >= 11 is 9.60. The van der Waals surface area contributed by atoms with Crippen LogP contribution in [0.4, 0.5) is 5.82 Å². The van der Waals surface area contributed by atoms with Crippen LogP contribution in [-0.4, -0.2) is 18.1 Å². The maximum atomic E-state index is 6.22. The number of halogens is 2. The lowest BCUT2D eigenvalue weighted by atomic mass is 9.84. The third-order valence-corrected chi connectivity index (χ3v) is 3.70. The second kappa shape index (κ2) is 4.53. The van der Waals surface area contributed by atoms with Crippen LogP contribution in [0.3, 0.4) is 0 Å². The molecule has 0 aromatic carbocycles. The lowest BCUT2D eigenvalue weighted by Gasteiger charge is -2.39. The molecule has 0 N–H and O–H groups in total. The Labute approximate surface area is 110 Å². The van der Waals surface area contributed by atoms with Gasteiger partial charge in [-0.05, 0) is 40.3 Å². The van der Waals surface area contributed by atoms with E-state index in [1.54, 1.807) is 0 Å². The van der Waals surface area contributed by atoms with Crippen LogP contribution in [-0.2, 0) is 0 Å². The van der Waals surface area contributed by atoms with E-state index in [2.05, 4.69) is 39.7 Å². The van der Waals surface area contributed by atoms with Crippen molar-refractivity contribution in [1.29, 1.82) is 0 Å². The summed E-state index contributed by atoms with van der Waals surface area (Å²) < 4.78 is 0.928. The molecule has 0 spiro atoms. The van der Waals surface area contributed by atoms with Gasteiger partial charge in [0.25, 0.3) is 0 Å². The average Bonchev–Trinajstić information content (AvgIpc) is 2.15. The number of piperidine rings is 1. The summed E-state index contributed by atoms with van der Waals surface area (Å²) in [5.74, 6) is 0.914. The number of anilines is 1. The minimum absolute atomic E-state index is 0.357. The standard InChI is InChI=1S/C12H16BrClN2/c1-12(2)4-3-5-16(8-12)11-10(14)6-9(13)7-15-11/h6-7H,3-5,8H2,1-2H3.